The van der Waals surface area contributed by atoms with Crippen molar-refractivity contribution in [2.75, 3.05) is 13.7 Å². The minimum Gasteiger partial charge on any atom is -0.460 e. The van der Waals surface area contributed by atoms with Gasteiger partial charge in [0, 0.05) is 50.7 Å². The molecule has 3 aliphatic heterocycles. The number of aliphatic hydroxyl groups excluding tert-OH is 3. The highest BCUT2D eigenvalue weighted by atomic mass is 16.6. The van der Waals surface area contributed by atoms with E-state index in [0.717, 1.165) is 5.57 Å². The van der Waals surface area contributed by atoms with Crippen LogP contribution in [0.4, 0.5) is 0 Å². The molecule has 0 unspecified atom stereocenters. The quantitative estimate of drug-likeness (QED) is 0.174. The Bertz CT molecular complexity index is 1600. The van der Waals surface area contributed by atoms with E-state index in [4.69, 9.17) is 14.2 Å². The number of piperidine rings is 1. The molecule has 61 heavy (non-hydrogen) atoms. The zero-order valence-corrected chi connectivity index (χ0v) is 38.2. The van der Waals surface area contributed by atoms with Crippen LogP contribution in [0.3, 0.4) is 0 Å². The van der Waals surface area contributed by atoms with Crippen LogP contribution in [0.15, 0.2) is 47.6 Å². The molecule has 0 spiro atoms. The normalized spacial score (nSPS) is 41.0. The Morgan fingerprint density at radius 1 is 0.852 bits per heavy atom. The van der Waals surface area contributed by atoms with E-state index < -0.39 is 54.0 Å². The number of fused-ring (bicyclic) bond motifs is 3. The summed E-state index contributed by atoms with van der Waals surface area (Å²) in [5, 5.41) is 43.6. The topological polar surface area (TPSA) is 180 Å². The second-order valence-electron chi connectivity index (χ2n) is 19.2. The van der Waals surface area contributed by atoms with Crippen molar-refractivity contribution in [2.45, 2.75) is 187 Å². The van der Waals surface area contributed by atoms with Gasteiger partial charge in [-0.05, 0) is 107 Å². The van der Waals surface area contributed by atoms with Crippen LogP contribution in [-0.2, 0) is 33.4 Å². The number of cyclic esters (lactones) is 1. The van der Waals surface area contributed by atoms with Crippen LogP contribution >= 0.6 is 0 Å². The summed E-state index contributed by atoms with van der Waals surface area (Å²) in [6.45, 7) is 13.5. The lowest BCUT2D eigenvalue weighted by molar-refractivity contribution is -0.284. The molecule has 0 aromatic heterocycles. The highest BCUT2D eigenvalue weighted by Crippen LogP contribution is 2.38. The van der Waals surface area contributed by atoms with E-state index in [1.807, 2.05) is 65.0 Å². The number of rotatable bonds is 4. The van der Waals surface area contributed by atoms with Gasteiger partial charge in [-0.2, -0.15) is 0 Å². The average molecular weight is 856 g/mol. The molecule has 0 aromatic rings. The van der Waals surface area contributed by atoms with Gasteiger partial charge in [-0.3, -0.25) is 14.4 Å². The fraction of sp³-hybridized carbons (Fsp3) is 0.755. The fourth-order valence-corrected chi connectivity index (χ4v) is 9.64. The molecule has 0 radical (unpaired) electrons. The molecular weight excluding hydrogens is 779 g/mol. The van der Waals surface area contributed by atoms with Gasteiger partial charge in [0.2, 0.25) is 5.91 Å². The lowest BCUT2D eigenvalue weighted by Crippen LogP contribution is -2.55. The first-order chi connectivity index (χ1) is 28.8. The fourth-order valence-electron chi connectivity index (χ4n) is 9.64. The van der Waals surface area contributed by atoms with E-state index in [-0.39, 0.29) is 72.6 Å². The minimum absolute atomic E-state index is 0.0520. The molecule has 12 nitrogen and oxygen atoms in total. The number of ketones is 2. The number of hydrogen-bond donors (Lipinski definition) is 4. The molecule has 1 saturated carbocycles. The van der Waals surface area contributed by atoms with Crippen molar-refractivity contribution in [3.8, 4) is 0 Å². The number of esters is 1. The van der Waals surface area contributed by atoms with Crippen molar-refractivity contribution in [3.05, 3.63) is 47.6 Å². The van der Waals surface area contributed by atoms with Crippen LogP contribution < -0.4 is 0 Å². The third-order valence-corrected chi connectivity index (χ3v) is 14.0. The maximum absolute atomic E-state index is 14.2. The number of ether oxygens (including phenoxy) is 3. The van der Waals surface area contributed by atoms with Gasteiger partial charge in [0.1, 0.15) is 23.7 Å². The summed E-state index contributed by atoms with van der Waals surface area (Å²) in [5.41, 5.74) is 1.49. The van der Waals surface area contributed by atoms with E-state index in [2.05, 4.69) is 0 Å². The lowest BCUT2D eigenvalue weighted by Gasteiger charge is -2.44. The smallest absolute Gasteiger partial charge is 0.329 e. The van der Waals surface area contributed by atoms with Crippen LogP contribution in [-0.4, -0.2) is 111 Å². The predicted octanol–water partition coefficient (Wildman–Crippen LogP) is 6.72. The summed E-state index contributed by atoms with van der Waals surface area (Å²) < 4.78 is 18.5. The Hall–Kier alpha value is -3.00. The van der Waals surface area contributed by atoms with Crippen LogP contribution in [0.25, 0.3) is 0 Å². The molecule has 2 bridgehead atoms. The summed E-state index contributed by atoms with van der Waals surface area (Å²) in [6, 6.07) is -0.904. The molecule has 2 saturated heterocycles. The Kier molecular flexibility index (Phi) is 19.6. The van der Waals surface area contributed by atoms with Gasteiger partial charge in [0.25, 0.3) is 0 Å². The summed E-state index contributed by atoms with van der Waals surface area (Å²) in [5.74, 6) is -4.41. The van der Waals surface area contributed by atoms with E-state index in [1.165, 1.54) is 4.90 Å². The van der Waals surface area contributed by atoms with E-state index >= 15 is 0 Å². The highest BCUT2D eigenvalue weighted by molar-refractivity contribution is 5.86. The number of hydrogen-bond acceptors (Lipinski definition) is 11. The number of aliphatic hydroxyl groups is 4. The maximum atomic E-state index is 14.2. The Morgan fingerprint density at radius 3 is 2.30 bits per heavy atom. The van der Waals surface area contributed by atoms with E-state index in [9.17, 15) is 39.6 Å². The highest BCUT2D eigenvalue weighted by Gasteiger charge is 2.46. The summed E-state index contributed by atoms with van der Waals surface area (Å²) in [7, 11) is 1.64. The number of amides is 1. The lowest BCUT2D eigenvalue weighted by atomic mass is 9.78. The molecule has 4 N–H and O–H groups in total. The van der Waals surface area contributed by atoms with Gasteiger partial charge >= 0.3 is 5.97 Å². The van der Waals surface area contributed by atoms with Crippen molar-refractivity contribution in [2.24, 2.45) is 35.5 Å². The second kappa shape index (κ2) is 23.6. The average Bonchev–Trinajstić information content (AvgIpc) is 3.21. The monoisotopic (exact) mass is 856 g/mol. The number of allylic oxidation sites excluding steroid dienone is 6. The van der Waals surface area contributed by atoms with Crippen molar-refractivity contribution < 1.29 is 53.8 Å². The first kappa shape index (κ1) is 50.6. The largest absolute Gasteiger partial charge is 0.460 e. The number of Topliss-reactive ketones (excluding diaryl/α,β-unsaturated/α-hetero) is 2. The third-order valence-electron chi connectivity index (χ3n) is 14.0. The Labute approximate surface area is 364 Å². The summed E-state index contributed by atoms with van der Waals surface area (Å²) >= 11 is 0. The van der Waals surface area contributed by atoms with Crippen LogP contribution in [0.2, 0.25) is 0 Å². The predicted molar refractivity (Wildman–Crippen MR) is 234 cm³/mol. The molecule has 0 aromatic carbocycles. The van der Waals surface area contributed by atoms with Crippen molar-refractivity contribution in [3.63, 3.8) is 0 Å². The molecule has 14 atom stereocenters. The van der Waals surface area contributed by atoms with Crippen molar-refractivity contribution in [1.29, 1.82) is 0 Å². The standard InChI is InChI=1S/C49H77NO11/c1-30-14-10-9-11-15-31(2)45(59-8)26-38-19-17-36(7)49(58,61-38)29-47(56)50-21-13-12-16-39(50)48(57)60-46(35(6)24-37-18-20-40(51)44(55)25-37)28-43(54)34(5)23-33(4)42(53)27-41(52)32(3)22-30/h9-11,14-15,23,30,32,34-40,42,44-46,51,53,55,58H,12-13,16-22,24-29H2,1-8H3/b11-9+,14-10+,31-15+,33-23+/t30-,32-,34-,35-,36-,37-,38+,39+,40+,42+,44+,45+,46+,49+/m1/s1. The molecule has 4 aliphatic rings. The zero-order chi connectivity index (χ0) is 45.0. The number of nitrogens with zero attached hydrogens (tertiary/aromatic N) is 1. The SMILES string of the molecule is CO[C@H]1C[C@@H]2CC[C@@H](C)[C@](O)(CC(=O)N3CCCC[C@H]3C(=O)O[C@H]([C@H](C)C[C@H]3CC[C@H](O)[C@@H](O)C3)CC(=O)[C@H](C)/C=C(\C)[C@@H](O)CC(=O)[C@H](C)C[C@H](C)/C=C/C=C/C=C/1C)O2. The Morgan fingerprint density at radius 2 is 1.59 bits per heavy atom. The molecule has 3 heterocycles. The minimum atomic E-state index is -1.75. The number of carbonyl (C=O) groups is 4. The summed E-state index contributed by atoms with van der Waals surface area (Å²) in [4.78, 5) is 57.1. The van der Waals surface area contributed by atoms with Crippen molar-refractivity contribution in [1.82, 2.24) is 4.90 Å². The molecule has 4 rings (SSSR count). The van der Waals surface area contributed by atoms with E-state index in [1.54, 1.807) is 27.0 Å². The number of methoxy groups -OCH3 is 1. The molecule has 1 amide bonds. The molecule has 3 fully saturated rings. The van der Waals surface area contributed by atoms with Gasteiger partial charge in [-0.25, -0.2) is 4.79 Å². The third kappa shape index (κ3) is 14.8. The summed E-state index contributed by atoms with van der Waals surface area (Å²) in [6.07, 6.45) is 13.1. The first-order valence-corrected chi connectivity index (χ1v) is 23.0. The second-order valence-corrected chi connectivity index (χ2v) is 19.2. The van der Waals surface area contributed by atoms with Gasteiger partial charge in [-0.15, -0.1) is 0 Å². The van der Waals surface area contributed by atoms with Crippen LogP contribution in [0, 0.1) is 35.5 Å². The molecule has 12 heteroatoms. The van der Waals surface area contributed by atoms with Gasteiger partial charge in [0.05, 0.1) is 36.9 Å². The van der Waals surface area contributed by atoms with Gasteiger partial charge < -0.3 is 39.5 Å². The van der Waals surface area contributed by atoms with Gasteiger partial charge in [0.15, 0.2) is 5.79 Å². The number of carbonyl (C=O) groups excluding carboxylic acids is 4. The zero-order valence-electron chi connectivity index (χ0n) is 38.2. The Balaban J connectivity index is 1.63. The maximum Gasteiger partial charge on any atom is 0.329 e. The van der Waals surface area contributed by atoms with E-state index in [0.29, 0.717) is 82.7 Å². The molecule has 1 aliphatic carbocycles. The van der Waals surface area contributed by atoms with Crippen LogP contribution in [0.1, 0.15) is 138 Å². The molecular formula is C49H77NO11. The van der Waals surface area contributed by atoms with Crippen molar-refractivity contribution >= 4 is 23.4 Å². The molecule has 344 valence electrons. The van der Waals surface area contributed by atoms with Crippen LogP contribution in [0.5, 0.6) is 0 Å². The van der Waals surface area contributed by atoms with Gasteiger partial charge in [-0.1, -0.05) is 71.1 Å². The first-order valence-electron chi connectivity index (χ1n) is 23.0.